The van der Waals surface area contributed by atoms with Crippen molar-refractivity contribution in [3.8, 4) is 0 Å². The zero-order chi connectivity index (χ0) is 9.84. The number of aryl methyl sites for hydroxylation is 1. The molecule has 0 spiro atoms. The third kappa shape index (κ3) is 2.70. The highest BCUT2D eigenvalue weighted by molar-refractivity contribution is 5.43. The van der Waals surface area contributed by atoms with E-state index in [0.717, 1.165) is 24.0 Å². The molecule has 0 aliphatic rings. The van der Waals surface area contributed by atoms with Crippen LogP contribution in [0.3, 0.4) is 0 Å². The fraction of sp³-hybridized carbons (Fsp3) is 0.500. The highest BCUT2D eigenvalue weighted by atomic mass is 16.3. The molecule has 3 heteroatoms. The molecular formula is C10H16N2O. The van der Waals surface area contributed by atoms with Crippen LogP contribution in [0.4, 0.5) is 5.82 Å². The second kappa shape index (κ2) is 4.23. The Morgan fingerprint density at radius 2 is 2.31 bits per heavy atom. The van der Waals surface area contributed by atoms with E-state index in [2.05, 4.69) is 4.98 Å². The third-order valence-corrected chi connectivity index (χ3v) is 2.14. The van der Waals surface area contributed by atoms with E-state index in [9.17, 15) is 0 Å². The predicted molar refractivity (Wildman–Crippen MR) is 53.4 cm³/mol. The molecule has 13 heavy (non-hydrogen) atoms. The van der Waals surface area contributed by atoms with Crippen molar-refractivity contribution in [2.45, 2.75) is 32.8 Å². The molecule has 3 N–H and O–H groups in total. The van der Waals surface area contributed by atoms with Crippen LogP contribution in [0.15, 0.2) is 12.3 Å². The van der Waals surface area contributed by atoms with Gasteiger partial charge in [0, 0.05) is 6.20 Å². The molecule has 0 aliphatic heterocycles. The summed E-state index contributed by atoms with van der Waals surface area (Å²) in [6.45, 7) is 3.79. The normalized spacial score (nSPS) is 12.8. The van der Waals surface area contributed by atoms with Crippen molar-refractivity contribution in [1.29, 1.82) is 0 Å². The molecule has 0 saturated carbocycles. The Morgan fingerprint density at radius 3 is 2.85 bits per heavy atom. The summed E-state index contributed by atoms with van der Waals surface area (Å²) in [5, 5.41) is 9.13. The van der Waals surface area contributed by atoms with Gasteiger partial charge in [-0.1, -0.05) is 0 Å². The fourth-order valence-electron chi connectivity index (χ4n) is 1.29. The van der Waals surface area contributed by atoms with Crippen molar-refractivity contribution >= 4 is 5.82 Å². The first-order valence-corrected chi connectivity index (χ1v) is 4.49. The number of anilines is 1. The van der Waals surface area contributed by atoms with Gasteiger partial charge >= 0.3 is 0 Å². The molecule has 1 atom stereocenters. The average molecular weight is 180 g/mol. The first-order valence-electron chi connectivity index (χ1n) is 4.49. The van der Waals surface area contributed by atoms with Crippen LogP contribution in [0.1, 0.15) is 24.5 Å². The SMILES string of the molecule is Cc1ccnc(N)c1CCC(C)O. The minimum absolute atomic E-state index is 0.279. The molecule has 3 nitrogen and oxygen atoms in total. The Balaban J connectivity index is 2.75. The Morgan fingerprint density at radius 1 is 1.62 bits per heavy atom. The number of aliphatic hydroxyl groups excluding tert-OH is 1. The van der Waals surface area contributed by atoms with Gasteiger partial charge in [-0.25, -0.2) is 4.98 Å². The van der Waals surface area contributed by atoms with Gasteiger partial charge in [0.2, 0.25) is 0 Å². The van der Waals surface area contributed by atoms with Gasteiger partial charge in [0.05, 0.1) is 6.10 Å². The van der Waals surface area contributed by atoms with Crippen molar-refractivity contribution in [2.75, 3.05) is 5.73 Å². The van der Waals surface area contributed by atoms with E-state index in [1.807, 2.05) is 13.0 Å². The zero-order valence-electron chi connectivity index (χ0n) is 8.12. The second-order valence-electron chi connectivity index (χ2n) is 3.38. The topological polar surface area (TPSA) is 59.1 Å². The molecule has 0 saturated heterocycles. The van der Waals surface area contributed by atoms with Gasteiger partial charge in [0.1, 0.15) is 5.82 Å². The summed E-state index contributed by atoms with van der Waals surface area (Å²) in [7, 11) is 0. The van der Waals surface area contributed by atoms with E-state index >= 15 is 0 Å². The first kappa shape index (κ1) is 9.99. The van der Waals surface area contributed by atoms with Crippen molar-refractivity contribution in [3.05, 3.63) is 23.4 Å². The van der Waals surface area contributed by atoms with Crippen LogP contribution in [0.25, 0.3) is 0 Å². The van der Waals surface area contributed by atoms with Crippen LogP contribution < -0.4 is 5.73 Å². The van der Waals surface area contributed by atoms with Gasteiger partial charge in [-0.2, -0.15) is 0 Å². The summed E-state index contributed by atoms with van der Waals surface area (Å²) in [6.07, 6.45) is 2.95. The van der Waals surface area contributed by atoms with Crippen LogP contribution >= 0.6 is 0 Å². The maximum atomic E-state index is 9.13. The van der Waals surface area contributed by atoms with E-state index in [1.165, 1.54) is 0 Å². The highest BCUT2D eigenvalue weighted by Crippen LogP contribution is 2.15. The van der Waals surface area contributed by atoms with Crippen molar-refractivity contribution in [3.63, 3.8) is 0 Å². The zero-order valence-corrected chi connectivity index (χ0v) is 8.12. The number of hydrogen-bond acceptors (Lipinski definition) is 3. The van der Waals surface area contributed by atoms with Gasteiger partial charge < -0.3 is 10.8 Å². The number of nitrogens with zero attached hydrogens (tertiary/aromatic N) is 1. The van der Waals surface area contributed by atoms with Crippen LogP contribution in [-0.4, -0.2) is 16.2 Å². The number of nitrogen functional groups attached to an aromatic ring is 1. The fourth-order valence-corrected chi connectivity index (χ4v) is 1.29. The molecule has 1 heterocycles. The standard InChI is InChI=1S/C10H16N2O/c1-7-5-6-12-10(11)9(7)4-3-8(2)13/h5-6,8,13H,3-4H2,1-2H3,(H2,11,12). The maximum absolute atomic E-state index is 9.13. The summed E-state index contributed by atoms with van der Waals surface area (Å²) >= 11 is 0. The molecule has 72 valence electrons. The smallest absolute Gasteiger partial charge is 0.126 e. The number of nitrogens with two attached hydrogens (primary N) is 1. The van der Waals surface area contributed by atoms with E-state index in [0.29, 0.717) is 5.82 Å². The number of aromatic nitrogens is 1. The number of rotatable bonds is 3. The van der Waals surface area contributed by atoms with Crippen LogP contribution in [0.2, 0.25) is 0 Å². The number of hydrogen-bond donors (Lipinski definition) is 2. The minimum atomic E-state index is -0.279. The van der Waals surface area contributed by atoms with Crippen molar-refractivity contribution < 1.29 is 5.11 Å². The van der Waals surface area contributed by atoms with E-state index < -0.39 is 0 Å². The molecule has 0 aromatic carbocycles. The lowest BCUT2D eigenvalue weighted by molar-refractivity contribution is 0.185. The van der Waals surface area contributed by atoms with E-state index in [-0.39, 0.29) is 6.10 Å². The molecule has 0 bridgehead atoms. The first-order chi connectivity index (χ1) is 6.11. The van der Waals surface area contributed by atoms with Crippen molar-refractivity contribution in [2.24, 2.45) is 0 Å². The molecule has 0 fully saturated rings. The molecule has 1 rings (SSSR count). The van der Waals surface area contributed by atoms with Gasteiger partial charge in [-0.15, -0.1) is 0 Å². The van der Waals surface area contributed by atoms with Gasteiger partial charge in [0.15, 0.2) is 0 Å². The van der Waals surface area contributed by atoms with Crippen LogP contribution in [0, 0.1) is 6.92 Å². The Labute approximate surface area is 78.6 Å². The molecule has 0 radical (unpaired) electrons. The minimum Gasteiger partial charge on any atom is -0.393 e. The van der Waals surface area contributed by atoms with Gasteiger partial charge in [-0.3, -0.25) is 0 Å². The van der Waals surface area contributed by atoms with Crippen LogP contribution in [0.5, 0.6) is 0 Å². The molecule has 1 aromatic rings. The summed E-state index contributed by atoms with van der Waals surface area (Å²) in [5.74, 6) is 0.584. The largest absolute Gasteiger partial charge is 0.393 e. The monoisotopic (exact) mass is 180 g/mol. The second-order valence-corrected chi connectivity index (χ2v) is 3.38. The average Bonchev–Trinajstić information content (AvgIpc) is 2.03. The highest BCUT2D eigenvalue weighted by Gasteiger charge is 2.05. The molecular weight excluding hydrogens is 164 g/mol. The maximum Gasteiger partial charge on any atom is 0.126 e. The Hall–Kier alpha value is -1.09. The molecule has 1 aromatic heterocycles. The van der Waals surface area contributed by atoms with Crippen molar-refractivity contribution in [1.82, 2.24) is 4.98 Å². The Bertz CT molecular complexity index is 264. The van der Waals surface area contributed by atoms with Gasteiger partial charge in [-0.05, 0) is 43.9 Å². The number of pyridine rings is 1. The Kier molecular flexibility index (Phi) is 3.25. The van der Waals surface area contributed by atoms with E-state index in [1.54, 1.807) is 13.1 Å². The quantitative estimate of drug-likeness (QED) is 0.736. The summed E-state index contributed by atoms with van der Waals surface area (Å²) in [6, 6.07) is 1.94. The number of aliphatic hydroxyl groups is 1. The van der Waals surface area contributed by atoms with E-state index in [4.69, 9.17) is 10.8 Å². The molecule has 1 unspecified atom stereocenters. The summed E-state index contributed by atoms with van der Waals surface area (Å²) in [5.41, 5.74) is 7.92. The molecule has 0 amide bonds. The third-order valence-electron chi connectivity index (χ3n) is 2.14. The lowest BCUT2D eigenvalue weighted by Crippen LogP contribution is -2.05. The summed E-state index contributed by atoms with van der Waals surface area (Å²) in [4.78, 5) is 4.01. The lowest BCUT2D eigenvalue weighted by atomic mass is 10.0. The van der Waals surface area contributed by atoms with Crippen LogP contribution in [-0.2, 0) is 6.42 Å². The lowest BCUT2D eigenvalue weighted by Gasteiger charge is -2.09. The predicted octanol–water partition coefficient (Wildman–Crippen LogP) is 1.29. The summed E-state index contributed by atoms with van der Waals surface area (Å²) < 4.78 is 0. The van der Waals surface area contributed by atoms with Gasteiger partial charge in [0.25, 0.3) is 0 Å². The molecule has 0 aliphatic carbocycles.